The number of ether oxygens (including phenoxy) is 1. The number of halogens is 1. The minimum absolute atomic E-state index is 0.0373. The highest BCUT2D eigenvalue weighted by Gasteiger charge is 2.34. The van der Waals surface area contributed by atoms with E-state index < -0.39 is 0 Å². The van der Waals surface area contributed by atoms with E-state index in [-0.39, 0.29) is 36.6 Å². The molecule has 5 rings (SSSR count). The van der Waals surface area contributed by atoms with E-state index in [0.29, 0.717) is 26.1 Å². The highest BCUT2D eigenvalue weighted by atomic mass is 19.1. The van der Waals surface area contributed by atoms with E-state index in [1.165, 1.54) is 12.1 Å². The molecule has 0 atom stereocenters. The fraction of sp³-hybridized carbons (Fsp3) is 0.312. The zero-order chi connectivity index (χ0) is 27.2. The van der Waals surface area contributed by atoms with Crippen molar-refractivity contribution in [3.63, 3.8) is 0 Å². The molecule has 0 spiro atoms. The van der Waals surface area contributed by atoms with Gasteiger partial charge in [-0.1, -0.05) is 42.5 Å². The first-order valence-electron chi connectivity index (χ1n) is 13.6. The Hall–Kier alpha value is -4.13. The molecule has 1 N–H and O–H groups in total. The summed E-state index contributed by atoms with van der Waals surface area (Å²) < 4.78 is 18.9. The maximum absolute atomic E-state index is 13.7. The van der Waals surface area contributed by atoms with Crippen LogP contribution in [0.3, 0.4) is 0 Å². The molecule has 1 aliphatic carbocycles. The molecule has 1 aliphatic rings. The number of benzene rings is 3. The largest absolute Gasteiger partial charge is 0.494 e. The predicted molar refractivity (Wildman–Crippen MR) is 150 cm³/mol. The number of amides is 2. The summed E-state index contributed by atoms with van der Waals surface area (Å²) >= 11 is 0. The van der Waals surface area contributed by atoms with Gasteiger partial charge in [0.1, 0.15) is 18.1 Å². The molecule has 3 aromatic carbocycles. The molecule has 0 unspecified atom stereocenters. The molecule has 6 nitrogen and oxygen atoms in total. The van der Waals surface area contributed by atoms with Gasteiger partial charge in [-0.25, -0.2) is 4.39 Å². The van der Waals surface area contributed by atoms with E-state index in [1.54, 1.807) is 17.0 Å². The molecule has 0 radical (unpaired) electrons. The number of carbonyl (C=O) groups excluding carboxylic acids is 2. The molecule has 1 aromatic heterocycles. The lowest BCUT2D eigenvalue weighted by Crippen LogP contribution is -2.44. The predicted octanol–water partition coefficient (Wildman–Crippen LogP) is 5.51. The highest BCUT2D eigenvalue weighted by molar-refractivity contribution is 5.87. The van der Waals surface area contributed by atoms with Gasteiger partial charge in [-0.3, -0.25) is 9.59 Å². The minimum Gasteiger partial charge on any atom is -0.494 e. The number of carbonyl (C=O) groups is 2. The number of hydrogen-bond acceptors (Lipinski definition) is 3. The molecule has 1 heterocycles. The summed E-state index contributed by atoms with van der Waals surface area (Å²) in [6.45, 7) is 3.55. The van der Waals surface area contributed by atoms with E-state index in [2.05, 4.69) is 11.1 Å². The minimum atomic E-state index is -0.333. The Balaban J connectivity index is 1.31. The normalized spacial score (nSPS) is 12.9. The molecule has 0 bridgehead atoms. The summed E-state index contributed by atoms with van der Waals surface area (Å²) in [6, 6.07) is 22.0. The Morgan fingerprint density at radius 3 is 2.38 bits per heavy atom. The van der Waals surface area contributed by atoms with Gasteiger partial charge in [0, 0.05) is 36.2 Å². The van der Waals surface area contributed by atoms with Crippen molar-refractivity contribution in [2.45, 2.75) is 45.2 Å². The average Bonchev–Trinajstić information content (AvgIpc) is 3.71. The highest BCUT2D eigenvalue weighted by Crippen LogP contribution is 2.28. The molecule has 0 saturated heterocycles. The number of aromatic nitrogens is 1. The Morgan fingerprint density at radius 2 is 1.67 bits per heavy atom. The first-order chi connectivity index (χ1) is 19.0. The summed E-state index contributed by atoms with van der Waals surface area (Å²) in [4.78, 5) is 33.8. The smallest absolute Gasteiger partial charge is 0.242 e. The van der Waals surface area contributed by atoms with Crippen LogP contribution in [0.5, 0.6) is 5.75 Å². The SMILES string of the molecule is CCOc1ccc(CN(CCc2c[nH]c3ccccc23)C(=O)CN(C(=O)Cc2ccc(F)cc2)C2CC2)cc1. The van der Waals surface area contributed by atoms with Crippen molar-refractivity contribution < 1.29 is 18.7 Å². The van der Waals surface area contributed by atoms with Gasteiger partial charge in [-0.2, -0.15) is 0 Å². The van der Waals surface area contributed by atoms with E-state index in [9.17, 15) is 14.0 Å². The van der Waals surface area contributed by atoms with Crippen molar-refractivity contribution in [3.05, 3.63) is 102 Å². The van der Waals surface area contributed by atoms with Crippen LogP contribution in [0.2, 0.25) is 0 Å². The molecule has 4 aromatic rings. The van der Waals surface area contributed by atoms with Crippen molar-refractivity contribution in [3.8, 4) is 5.75 Å². The van der Waals surface area contributed by atoms with Gasteiger partial charge in [0.2, 0.25) is 11.8 Å². The van der Waals surface area contributed by atoms with Gasteiger partial charge in [0.25, 0.3) is 0 Å². The second-order valence-electron chi connectivity index (χ2n) is 10.1. The van der Waals surface area contributed by atoms with Gasteiger partial charge >= 0.3 is 0 Å². The number of nitrogens with one attached hydrogen (secondary N) is 1. The molecular weight excluding hydrogens is 493 g/mol. The van der Waals surface area contributed by atoms with Crippen LogP contribution in [0.15, 0.2) is 79.0 Å². The Morgan fingerprint density at radius 1 is 0.949 bits per heavy atom. The van der Waals surface area contributed by atoms with Crippen LogP contribution in [0.25, 0.3) is 10.9 Å². The third-order valence-electron chi connectivity index (χ3n) is 7.17. The monoisotopic (exact) mass is 527 g/mol. The van der Waals surface area contributed by atoms with Gasteiger partial charge in [0.15, 0.2) is 0 Å². The van der Waals surface area contributed by atoms with Crippen molar-refractivity contribution in [1.82, 2.24) is 14.8 Å². The number of para-hydroxylation sites is 1. The molecular formula is C32H34FN3O3. The number of fused-ring (bicyclic) bond motifs is 1. The van der Waals surface area contributed by atoms with Gasteiger partial charge in [-0.15, -0.1) is 0 Å². The van der Waals surface area contributed by atoms with Crippen LogP contribution >= 0.6 is 0 Å². The molecule has 0 aliphatic heterocycles. The fourth-order valence-corrected chi connectivity index (χ4v) is 4.90. The third-order valence-corrected chi connectivity index (χ3v) is 7.17. The zero-order valence-electron chi connectivity index (χ0n) is 22.2. The number of hydrogen-bond donors (Lipinski definition) is 1. The quantitative estimate of drug-likeness (QED) is 0.264. The summed E-state index contributed by atoms with van der Waals surface area (Å²) in [7, 11) is 0. The van der Waals surface area contributed by atoms with Crippen LogP contribution in [0, 0.1) is 5.82 Å². The van der Waals surface area contributed by atoms with Crippen LogP contribution in [0.1, 0.15) is 36.5 Å². The van der Waals surface area contributed by atoms with Gasteiger partial charge in [-0.05, 0) is 73.2 Å². The van der Waals surface area contributed by atoms with Crippen LogP contribution in [-0.4, -0.2) is 52.3 Å². The fourth-order valence-electron chi connectivity index (χ4n) is 4.90. The molecule has 39 heavy (non-hydrogen) atoms. The second-order valence-corrected chi connectivity index (χ2v) is 10.1. The van der Waals surface area contributed by atoms with Crippen molar-refractivity contribution in [1.29, 1.82) is 0 Å². The number of aromatic amines is 1. The Labute approximate surface area is 228 Å². The third kappa shape index (κ3) is 6.85. The maximum atomic E-state index is 13.7. The van der Waals surface area contributed by atoms with Gasteiger partial charge in [0.05, 0.1) is 13.0 Å². The summed E-state index contributed by atoms with van der Waals surface area (Å²) in [5, 5.41) is 1.15. The lowest BCUT2D eigenvalue weighted by molar-refractivity contribution is -0.141. The van der Waals surface area contributed by atoms with Crippen molar-refractivity contribution in [2.24, 2.45) is 0 Å². The lowest BCUT2D eigenvalue weighted by atomic mass is 10.1. The van der Waals surface area contributed by atoms with Crippen molar-refractivity contribution >= 4 is 22.7 Å². The molecule has 2 amide bonds. The van der Waals surface area contributed by atoms with Crippen molar-refractivity contribution in [2.75, 3.05) is 19.7 Å². The second kappa shape index (κ2) is 12.2. The van der Waals surface area contributed by atoms with Crippen LogP contribution in [-0.2, 0) is 29.0 Å². The van der Waals surface area contributed by atoms with Crippen LogP contribution < -0.4 is 4.74 Å². The molecule has 1 fully saturated rings. The molecule has 202 valence electrons. The Bertz CT molecular complexity index is 1410. The molecule has 7 heteroatoms. The number of rotatable bonds is 12. The van der Waals surface area contributed by atoms with E-state index in [0.717, 1.165) is 46.2 Å². The Kier molecular flexibility index (Phi) is 8.25. The average molecular weight is 528 g/mol. The number of nitrogens with zero attached hydrogens (tertiary/aromatic N) is 2. The van der Waals surface area contributed by atoms with E-state index >= 15 is 0 Å². The first kappa shape index (κ1) is 26.5. The van der Waals surface area contributed by atoms with Crippen LogP contribution in [0.4, 0.5) is 4.39 Å². The zero-order valence-corrected chi connectivity index (χ0v) is 22.2. The summed E-state index contributed by atoms with van der Waals surface area (Å²) in [6.07, 6.45) is 4.65. The number of H-pyrrole nitrogens is 1. The standard InChI is InChI=1S/C32H34FN3O3/c1-2-39-28-15-9-24(10-16-28)21-35(18-17-25-20-34-30-6-4-3-5-29(25)30)32(38)22-36(27-13-14-27)31(37)19-23-7-11-26(33)12-8-23/h3-12,15-16,20,27,34H,2,13-14,17-19,21-22H2,1H3. The summed E-state index contributed by atoms with van der Waals surface area (Å²) in [5.74, 6) is 0.281. The van der Waals surface area contributed by atoms with E-state index in [1.807, 2.05) is 60.5 Å². The van der Waals surface area contributed by atoms with Gasteiger partial charge < -0.3 is 19.5 Å². The summed E-state index contributed by atoms with van der Waals surface area (Å²) in [5.41, 5.74) is 3.97. The topological polar surface area (TPSA) is 65.6 Å². The van der Waals surface area contributed by atoms with E-state index in [4.69, 9.17) is 4.74 Å². The first-order valence-corrected chi connectivity index (χ1v) is 13.6. The molecule has 1 saturated carbocycles. The lowest BCUT2D eigenvalue weighted by Gasteiger charge is -2.28. The maximum Gasteiger partial charge on any atom is 0.242 e.